The van der Waals surface area contributed by atoms with E-state index in [9.17, 15) is 4.79 Å². The summed E-state index contributed by atoms with van der Waals surface area (Å²) in [5.41, 5.74) is 0.0588. The van der Waals surface area contributed by atoms with Crippen LogP contribution in [-0.4, -0.2) is 55.9 Å². The van der Waals surface area contributed by atoms with Gasteiger partial charge in [0.25, 0.3) is 0 Å². The first-order chi connectivity index (χ1) is 9.50. The molecule has 0 aromatic heterocycles. The van der Waals surface area contributed by atoms with Gasteiger partial charge in [0, 0.05) is 43.1 Å². The Balaban J connectivity index is 1.40. The lowest BCUT2D eigenvalue weighted by atomic mass is 9.57. The minimum atomic E-state index is -0.0300. The maximum Gasteiger partial charge on any atom is 0.315 e. The predicted octanol–water partition coefficient (Wildman–Crippen LogP) is 1.19. The molecule has 0 aromatic carbocycles. The second kappa shape index (κ2) is 5.19. The average molecular weight is 281 g/mol. The van der Waals surface area contributed by atoms with Crippen LogP contribution in [0.4, 0.5) is 4.79 Å². The zero-order chi connectivity index (χ0) is 14.3. The fraction of sp³-hybridized carbons (Fsp3) is 0.933. The number of hydrogen-bond donors (Lipinski definition) is 2. The third-order valence-corrected chi connectivity index (χ3v) is 5.31. The van der Waals surface area contributed by atoms with Crippen LogP contribution in [0.25, 0.3) is 0 Å². The van der Waals surface area contributed by atoms with Crippen molar-refractivity contribution in [3.05, 3.63) is 0 Å². The van der Waals surface area contributed by atoms with Crippen molar-refractivity contribution in [3.8, 4) is 0 Å². The number of carbonyl (C=O) groups excluding carboxylic acids is 1. The largest absolute Gasteiger partial charge is 0.377 e. The molecule has 2 N–H and O–H groups in total. The summed E-state index contributed by atoms with van der Waals surface area (Å²) in [6.45, 7) is 6.86. The summed E-state index contributed by atoms with van der Waals surface area (Å²) in [6.07, 6.45) is 4.02. The van der Waals surface area contributed by atoms with Gasteiger partial charge in [-0.15, -0.1) is 0 Å². The molecule has 3 rings (SSSR count). The Morgan fingerprint density at radius 1 is 1.35 bits per heavy atom. The molecule has 0 bridgehead atoms. The first-order valence-corrected chi connectivity index (χ1v) is 7.86. The van der Waals surface area contributed by atoms with Crippen LogP contribution in [0.1, 0.15) is 33.1 Å². The molecule has 1 aliphatic heterocycles. The van der Waals surface area contributed by atoms with E-state index in [-0.39, 0.29) is 17.5 Å². The minimum Gasteiger partial charge on any atom is -0.377 e. The predicted molar refractivity (Wildman–Crippen MR) is 77.6 cm³/mol. The topological polar surface area (TPSA) is 53.6 Å². The van der Waals surface area contributed by atoms with Gasteiger partial charge in [-0.05, 0) is 26.3 Å². The maximum atomic E-state index is 12.0. The van der Waals surface area contributed by atoms with Gasteiger partial charge in [0.2, 0.25) is 0 Å². The Bertz CT molecular complexity index is 381. The summed E-state index contributed by atoms with van der Waals surface area (Å²) < 4.78 is 5.75. The summed E-state index contributed by atoms with van der Waals surface area (Å²) >= 11 is 0. The molecule has 0 aromatic rings. The van der Waals surface area contributed by atoms with Crippen LogP contribution >= 0.6 is 0 Å². The quantitative estimate of drug-likeness (QED) is 0.796. The smallest absolute Gasteiger partial charge is 0.315 e. The summed E-state index contributed by atoms with van der Waals surface area (Å²) in [5, 5.41) is 6.13. The minimum absolute atomic E-state index is 0.0300. The molecule has 3 aliphatic rings. The van der Waals surface area contributed by atoms with E-state index in [1.807, 2.05) is 0 Å². The van der Waals surface area contributed by atoms with Crippen LogP contribution in [0.3, 0.4) is 0 Å². The first-order valence-electron chi connectivity index (χ1n) is 7.86. The molecule has 2 saturated carbocycles. The van der Waals surface area contributed by atoms with Crippen molar-refractivity contribution in [3.63, 3.8) is 0 Å². The number of fused-ring (bicyclic) bond motifs is 1. The van der Waals surface area contributed by atoms with Gasteiger partial charge in [-0.25, -0.2) is 4.79 Å². The van der Waals surface area contributed by atoms with E-state index in [2.05, 4.69) is 36.4 Å². The number of urea groups is 1. The number of hydrogen-bond acceptors (Lipinski definition) is 3. The molecule has 1 saturated heterocycles. The molecular formula is C15H27N3O2. The van der Waals surface area contributed by atoms with Gasteiger partial charge in [0.1, 0.15) is 0 Å². The van der Waals surface area contributed by atoms with Gasteiger partial charge in [-0.1, -0.05) is 13.8 Å². The van der Waals surface area contributed by atoms with Gasteiger partial charge in [-0.2, -0.15) is 0 Å². The molecule has 0 unspecified atom stereocenters. The SMILES string of the molecule is CN(CCNC(=O)N[C@@H]1[C@H]2CCO[C@H]2C1(C)C)C1CC1. The van der Waals surface area contributed by atoms with Crippen molar-refractivity contribution in [2.45, 2.75) is 51.3 Å². The second-order valence-electron chi connectivity index (χ2n) is 7.15. The monoisotopic (exact) mass is 281 g/mol. The Kier molecular flexibility index (Phi) is 3.67. The molecule has 2 amide bonds. The van der Waals surface area contributed by atoms with Crippen molar-refractivity contribution >= 4 is 6.03 Å². The Labute approximate surface area is 121 Å². The number of likely N-dealkylation sites (N-methyl/N-ethyl adjacent to an activating group) is 1. The van der Waals surface area contributed by atoms with Gasteiger partial charge in [-0.3, -0.25) is 0 Å². The number of amides is 2. The molecule has 0 spiro atoms. The van der Waals surface area contributed by atoms with Crippen molar-refractivity contribution in [1.82, 2.24) is 15.5 Å². The number of nitrogens with zero attached hydrogens (tertiary/aromatic N) is 1. The molecule has 20 heavy (non-hydrogen) atoms. The third kappa shape index (κ3) is 2.53. The van der Waals surface area contributed by atoms with Crippen LogP contribution in [-0.2, 0) is 4.74 Å². The van der Waals surface area contributed by atoms with E-state index < -0.39 is 0 Å². The first kappa shape index (κ1) is 14.1. The zero-order valence-electron chi connectivity index (χ0n) is 12.8. The second-order valence-corrected chi connectivity index (χ2v) is 7.15. The van der Waals surface area contributed by atoms with E-state index >= 15 is 0 Å². The highest BCUT2D eigenvalue weighted by molar-refractivity contribution is 5.74. The molecule has 114 valence electrons. The van der Waals surface area contributed by atoms with Crippen molar-refractivity contribution in [1.29, 1.82) is 0 Å². The standard InChI is InChI=1S/C15H27N3O2/c1-15(2)12(11-6-9-20-13(11)15)17-14(19)16-7-8-18(3)10-4-5-10/h10-13H,4-9H2,1-3H3,(H2,16,17,19)/t11-,12-,13-/m1/s1. The van der Waals surface area contributed by atoms with E-state index in [4.69, 9.17) is 4.74 Å². The van der Waals surface area contributed by atoms with Crippen LogP contribution in [0.5, 0.6) is 0 Å². The highest BCUT2D eigenvalue weighted by Gasteiger charge is 2.59. The highest BCUT2D eigenvalue weighted by atomic mass is 16.5. The molecule has 0 radical (unpaired) electrons. The third-order valence-electron chi connectivity index (χ3n) is 5.31. The van der Waals surface area contributed by atoms with E-state index in [0.29, 0.717) is 12.0 Å². The Morgan fingerprint density at radius 3 is 2.80 bits per heavy atom. The van der Waals surface area contributed by atoms with Crippen LogP contribution in [0, 0.1) is 11.3 Å². The molecule has 3 fully saturated rings. The molecule has 1 heterocycles. The normalized spacial score (nSPS) is 34.5. The molecule has 5 heteroatoms. The average Bonchev–Trinajstić information content (AvgIpc) is 3.14. The zero-order valence-corrected chi connectivity index (χ0v) is 12.8. The lowest BCUT2D eigenvalue weighted by Crippen LogP contribution is -2.67. The van der Waals surface area contributed by atoms with E-state index in [1.165, 1.54) is 12.8 Å². The maximum absolute atomic E-state index is 12.0. The number of rotatable bonds is 5. The fourth-order valence-corrected chi connectivity index (χ4v) is 3.85. The summed E-state index contributed by atoms with van der Waals surface area (Å²) in [7, 11) is 2.13. The van der Waals surface area contributed by atoms with E-state index in [1.54, 1.807) is 0 Å². The lowest BCUT2D eigenvalue weighted by Gasteiger charge is -2.54. The van der Waals surface area contributed by atoms with Crippen LogP contribution < -0.4 is 10.6 Å². The Hall–Kier alpha value is -0.810. The number of carbonyl (C=O) groups is 1. The van der Waals surface area contributed by atoms with Crippen molar-refractivity contribution in [2.24, 2.45) is 11.3 Å². The van der Waals surface area contributed by atoms with E-state index in [0.717, 1.165) is 32.2 Å². The molecule has 5 nitrogen and oxygen atoms in total. The van der Waals surface area contributed by atoms with Crippen LogP contribution in [0.2, 0.25) is 0 Å². The van der Waals surface area contributed by atoms with Gasteiger partial charge < -0.3 is 20.3 Å². The number of nitrogens with one attached hydrogen (secondary N) is 2. The van der Waals surface area contributed by atoms with Crippen molar-refractivity contribution < 1.29 is 9.53 Å². The molecule has 3 atom stereocenters. The summed E-state index contributed by atoms with van der Waals surface area (Å²) in [6, 6.07) is 0.968. The molecular weight excluding hydrogens is 254 g/mol. The lowest BCUT2D eigenvalue weighted by molar-refractivity contribution is -0.108. The Morgan fingerprint density at radius 2 is 2.10 bits per heavy atom. The highest BCUT2D eigenvalue weighted by Crippen LogP contribution is 2.51. The van der Waals surface area contributed by atoms with Gasteiger partial charge in [0.05, 0.1) is 6.10 Å². The summed E-state index contributed by atoms with van der Waals surface area (Å²) in [4.78, 5) is 14.3. The molecule has 2 aliphatic carbocycles. The van der Waals surface area contributed by atoms with Crippen LogP contribution in [0.15, 0.2) is 0 Å². The van der Waals surface area contributed by atoms with Gasteiger partial charge >= 0.3 is 6.03 Å². The fourth-order valence-electron chi connectivity index (χ4n) is 3.85. The van der Waals surface area contributed by atoms with Crippen molar-refractivity contribution in [2.75, 3.05) is 26.7 Å². The van der Waals surface area contributed by atoms with Gasteiger partial charge in [0.15, 0.2) is 0 Å². The number of ether oxygens (including phenoxy) is 1. The summed E-state index contributed by atoms with van der Waals surface area (Å²) in [5.74, 6) is 0.505.